The van der Waals surface area contributed by atoms with E-state index in [0.29, 0.717) is 30.2 Å². The second-order valence-corrected chi connectivity index (χ2v) is 11.3. The highest BCUT2D eigenvalue weighted by molar-refractivity contribution is 5.89. The molecule has 4 nitrogen and oxygen atoms in total. The van der Waals surface area contributed by atoms with Crippen molar-refractivity contribution in [3.63, 3.8) is 0 Å². The van der Waals surface area contributed by atoms with E-state index in [1.807, 2.05) is 19.9 Å². The summed E-state index contributed by atoms with van der Waals surface area (Å²) in [6, 6.07) is 8.28. The van der Waals surface area contributed by atoms with Crippen molar-refractivity contribution in [1.29, 1.82) is 0 Å². The van der Waals surface area contributed by atoms with Crippen LogP contribution in [-0.4, -0.2) is 23.2 Å². The molecule has 0 heterocycles. The van der Waals surface area contributed by atoms with E-state index in [1.165, 1.54) is 6.07 Å². The number of carboxylic acids is 1. The Hall–Kier alpha value is -2.28. The molecule has 0 aliphatic heterocycles. The van der Waals surface area contributed by atoms with Crippen molar-refractivity contribution in [2.75, 3.05) is 0 Å². The summed E-state index contributed by atoms with van der Waals surface area (Å²) in [7, 11) is 0. The first-order valence-electron chi connectivity index (χ1n) is 12.6. The Balaban J connectivity index is 1.54. The zero-order valence-corrected chi connectivity index (χ0v) is 20.9. The van der Waals surface area contributed by atoms with Crippen molar-refractivity contribution >= 4 is 16.7 Å². The molecule has 2 atom stereocenters. The van der Waals surface area contributed by atoms with E-state index in [0.717, 1.165) is 31.2 Å². The molecule has 0 bridgehead atoms. The Kier molecular flexibility index (Phi) is 7.11. The summed E-state index contributed by atoms with van der Waals surface area (Å²) in [6.07, 6.45) is -0.716. The fourth-order valence-corrected chi connectivity index (χ4v) is 5.83. The fourth-order valence-electron chi connectivity index (χ4n) is 5.83. The number of carbonyl (C=O) groups is 1. The minimum atomic E-state index is -4.54. The molecule has 35 heavy (non-hydrogen) atoms. The van der Waals surface area contributed by atoms with Gasteiger partial charge in [0.05, 0.1) is 12.0 Å². The molecular formula is C28H36F3NO3. The van der Waals surface area contributed by atoms with Crippen LogP contribution in [0.3, 0.4) is 0 Å². The molecule has 2 aliphatic carbocycles. The summed E-state index contributed by atoms with van der Waals surface area (Å²) in [4.78, 5) is 11.4. The molecule has 0 aromatic heterocycles. The third-order valence-electron chi connectivity index (χ3n) is 8.40. The predicted molar refractivity (Wildman–Crippen MR) is 130 cm³/mol. The standard InChI is InChI=1S/C28H36F3NO3/c1-16(2)18-7-10-20(11-8-18)35-23-12-9-19-6-5-17(13-21(19)25(23)28(29,30)31)15-32-24-14-22(26(33)34)27(24,3)4/h5-6,9,12-13,16,18,20,22,24,32H,7-8,10-11,14-15H2,1-4H3,(H,33,34). The zero-order valence-electron chi connectivity index (χ0n) is 20.9. The number of halogens is 3. The van der Waals surface area contributed by atoms with Gasteiger partial charge >= 0.3 is 12.1 Å². The van der Waals surface area contributed by atoms with Crippen LogP contribution in [0.25, 0.3) is 10.8 Å². The number of rotatable bonds is 7. The van der Waals surface area contributed by atoms with Gasteiger partial charge in [-0.05, 0) is 77.8 Å². The van der Waals surface area contributed by atoms with Gasteiger partial charge in [-0.15, -0.1) is 0 Å². The van der Waals surface area contributed by atoms with Gasteiger partial charge in [-0.25, -0.2) is 0 Å². The van der Waals surface area contributed by atoms with Crippen LogP contribution in [0, 0.1) is 23.2 Å². The van der Waals surface area contributed by atoms with E-state index in [9.17, 15) is 23.1 Å². The molecular weight excluding hydrogens is 455 g/mol. The molecule has 0 saturated heterocycles. The van der Waals surface area contributed by atoms with E-state index < -0.39 is 29.0 Å². The van der Waals surface area contributed by atoms with Crippen LogP contribution in [0.2, 0.25) is 0 Å². The van der Waals surface area contributed by atoms with Gasteiger partial charge in [0, 0.05) is 12.6 Å². The van der Waals surface area contributed by atoms with Crippen LogP contribution in [0.4, 0.5) is 13.2 Å². The second-order valence-electron chi connectivity index (χ2n) is 11.3. The Bertz CT molecular complexity index is 1070. The second kappa shape index (κ2) is 9.64. The van der Waals surface area contributed by atoms with Crippen LogP contribution in [0.15, 0.2) is 30.3 Å². The van der Waals surface area contributed by atoms with E-state index in [4.69, 9.17) is 4.74 Å². The van der Waals surface area contributed by atoms with Crippen LogP contribution in [0.1, 0.15) is 70.9 Å². The summed E-state index contributed by atoms with van der Waals surface area (Å²) in [5, 5.41) is 13.3. The molecule has 2 N–H and O–H groups in total. The van der Waals surface area contributed by atoms with Crippen molar-refractivity contribution in [2.45, 2.75) is 84.7 Å². The summed E-state index contributed by atoms with van der Waals surface area (Å²) in [5.74, 6) is -0.125. The highest BCUT2D eigenvalue weighted by Crippen LogP contribution is 2.47. The lowest BCUT2D eigenvalue weighted by Gasteiger charge is -2.50. The number of carboxylic acid groups (broad SMARTS) is 1. The molecule has 2 aliphatic rings. The highest BCUT2D eigenvalue weighted by Gasteiger charge is 2.51. The van der Waals surface area contributed by atoms with Gasteiger partial charge in [0.2, 0.25) is 0 Å². The van der Waals surface area contributed by atoms with Crippen LogP contribution >= 0.6 is 0 Å². The molecule has 2 fully saturated rings. The first kappa shape index (κ1) is 25.8. The van der Waals surface area contributed by atoms with Gasteiger partial charge in [0.1, 0.15) is 11.3 Å². The summed E-state index contributed by atoms with van der Waals surface area (Å²) in [6.45, 7) is 8.58. The van der Waals surface area contributed by atoms with Gasteiger partial charge < -0.3 is 15.2 Å². The topological polar surface area (TPSA) is 58.6 Å². The predicted octanol–water partition coefficient (Wildman–Crippen LogP) is 7.04. The molecule has 7 heteroatoms. The number of hydrogen-bond acceptors (Lipinski definition) is 3. The number of ether oxygens (including phenoxy) is 1. The quantitative estimate of drug-likeness (QED) is 0.436. The number of fused-ring (bicyclic) bond motifs is 1. The highest BCUT2D eigenvalue weighted by atomic mass is 19.4. The molecule has 2 aromatic carbocycles. The largest absolute Gasteiger partial charge is 0.490 e. The molecule has 0 amide bonds. The van der Waals surface area contributed by atoms with Gasteiger partial charge in [-0.2, -0.15) is 13.2 Å². The first-order chi connectivity index (χ1) is 16.4. The van der Waals surface area contributed by atoms with Crippen molar-refractivity contribution in [3.8, 4) is 5.75 Å². The van der Waals surface area contributed by atoms with E-state index in [-0.39, 0.29) is 23.3 Å². The maximum Gasteiger partial charge on any atom is 0.420 e. The lowest BCUT2D eigenvalue weighted by molar-refractivity contribution is -0.155. The smallest absolute Gasteiger partial charge is 0.420 e. The summed E-state index contributed by atoms with van der Waals surface area (Å²) < 4.78 is 48.8. The van der Waals surface area contributed by atoms with Gasteiger partial charge in [-0.3, -0.25) is 4.79 Å². The van der Waals surface area contributed by atoms with Gasteiger partial charge in [-0.1, -0.05) is 45.9 Å². The Morgan fingerprint density at radius 1 is 1.14 bits per heavy atom. The summed E-state index contributed by atoms with van der Waals surface area (Å²) >= 11 is 0. The maximum absolute atomic E-state index is 14.3. The van der Waals surface area contributed by atoms with Gasteiger partial charge in [0.25, 0.3) is 0 Å². The van der Waals surface area contributed by atoms with Crippen molar-refractivity contribution in [2.24, 2.45) is 23.2 Å². The molecule has 2 saturated carbocycles. The molecule has 192 valence electrons. The number of benzene rings is 2. The van der Waals surface area contributed by atoms with Crippen molar-refractivity contribution in [1.82, 2.24) is 5.32 Å². The van der Waals surface area contributed by atoms with Crippen LogP contribution in [0.5, 0.6) is 5.75 Å². The average molecular weight is 492 g/mol. The van der Waals surface area contributed by atoms with Crippen molar-refractivity contribution < 1.29 is 27.8 Å². The Labute approximate surface area is 205 Å². The Morgan fingerprint density at radius 3 is 2.37 bits per heavy atom. The molecule has 2 aromatic rings. The lowest BCUT2D eigenvalue weighted by atomic mass is 9.58. The van der Waals surface area contributed by atoms with Gasteiger partial charge in [0.15, 0.2) is 0 Å². The average Bonchev–Trinajstić information content (AvgIpc) is 2.77. The first-order valence-corrected chi connectivity index (χ1v) is 12.6. The van der Waals surface area contributed by atoms with E-state index in [1.54, 1.807) is 18.2 Å². The molecule has 2 unspecified atom stereocenters. The minimum absolute atomic E-state index is 0.00276. The Morgan fingerprint density at radius 2 is 1.80 bits per heavy atom. The van der Waals surface area contributed by atoms with Crippen LogP contribution < -0.4 is 10.1 Å². The number of hydrogen-bond donors (Lipinski definition) is 2. The SMILES string of the molecule is CC(C)C1CCC(Oc2ccc3ccc(CNC4CC(C(=O)O)C4(C)C)cc3c2C(F)(F)F)CC1. The van der Waals surface area contributed by atoms with E-state index >= 15 is 0 Å². The number of alkyl halides is 3. The number of aliphatic carboxylic acids is 1. The monoisotopic (exact) mass is 491 g/mol. The molecule has 4 rings (SSSR count). The number of nitrogens with one attached hydrogen (secondary N) is 1. The maximum atomic E-state index is 14.3. The third-order valence-corrected chi connectivity index (χ3v) is 8.40. The summed E-state index contributed by atoms with van der Waals surface area (Å²) in [5.41, 5.74) is -0.389. The molecule has 0 radical (unpaired) electrons. The van der Waals surface area contributed by atoms with E-state index in [2.05, 4.69) is 19.2 Å². The molecule has 0 spiro atoms. The van der Waals surface area contributed by atoms with Crippen LogP contribution in [-0.2, 0) is 17.5 Å². The third kappa shape index (κ3) is 5.30. The zero-order chi connectivity index (χ0) is 25.5. The fraction of sp³-hybridized carbons (Fsp3) is 0.607. The lowest BCUT2D eigenvalue weighted by Crippen LogP contribution is -2.58. The minimum Gasteiger partial charge on any atom is -0.490 e. The van der Waals surface area contributed by atoms with Crippen molar-refractivity contribution in [3.05, 3.63) is 41.5 Å². The normalized spacial score (nSPS) is 26.5.